The fraction of sp³-hybridized carbons (Fsp3) is 0.182. The van der Waals surface area contributed by atoms with Gasteiger partial charge in [-0.1, -0.05) is 36.9 Å². The van der Waals surface area contributed by atoms with Crippen molar-refractivity contribution in [1.82, 2.24) is 4.90 Å². The standard InChI is InChI=1S/C22H17BrF5NO/c1-3-29-13(2)17(23)11-16(14-7-5-4-6-8-14)21(29)20-18(24)9-15(10-19(20)25)30-12-22(26,27)28/h4-11H,2-3,12H2,1H3. The predicted molar refractivity (Wildman–Crippen MR) is 110 cm³/mol. The molecule has 2 aromatic rings. The van der Waals surface area contributed by atoms with Crippen molar-refractivity contribution in [2.45, 2.75) is 13.1 Å². The largest absolute Gasteiger partial charge is 0.484 e. The Morgan fingerprint density at radius 1 is 1.07 bits per heavy atom. The van der Waals surface area contributed by atoms with Crippen LogP contribution in [0.5, 0.6) is 5.75 Å². The summed E-state index contributed by atoms with van der Waals surface area (Å²) < 4.78 is 72.3. The molecule has 0 fully saturated rings. The molecule has 0 bridgehead atoms. The molecule has 30 heavy (non-hydrogen) atoms. The molecule has 0 spiro atoms. The van der Waals surface area contributed by atoms with Gasteiger partial charge < -0.3 is 9.64 Å². The van der Waals surface area contributed by atoms with Crippen LogP contribution in [0.4, 0.5) is 22.0 Å². The molecule has 2 nitrogen and oxygen atoms in total. The number of ether oxygens (including phenoxy) is 1. The Morgan fingerprint density at radius 2 is 1.67 bits per heavy atom. The van der Waals surface area contributed by atoms with Crippen molar-refractivity contribution >= 4 is 27.2 Å². The van der Waals surface area contributed by atoms with Crippen molar-refractivity contribution in [3.63, 3.8) is 0 Å². The van der Waals surface area contributed by atoms with Crippen LogP contribution in [0.1, 0.15) is 18.1 Å². The van der Waals surface area contributed by atoms with Gasteiger partial charge in [0.05, 0.1) is 11.3 Å². The number of hydrogen-bond donors (Lipinski definition) is 0. The van der Waals surface area contributed by atoms with E-state index in [1.54, 1.807) is 42.2 Å². The van der Waals surface area contributed by atoms with Gasteiger partial charge in [-0.3, -0.25) is 0 Å². The lowest BCUT2D eigenvalue weighted by Gasteiger charge is -2.34. The molecular formula is C22H17BrF5NO. The first-order valence-corrected chi connectivity index (χ1v) is 9.74. The Hall–Kier alpha value is -2.61. The molecule has 3 rings (SSSR count). The van der Waals surface area contributed by atoms with E-state index < -0.39 is 30.2 Å². The van der Waals surface area contributed by atoms with Crippen LogP contribution in [0.15, 0.2) is 65.3 Å². The zero-order chi connectivity index (χ0) is 22.1. The Kier molecular flexibility index (Phi) is 6.36. The number of benzene rings is 2. The monoisotopic (exact) mass is 485 g/mol. The van der Waals surface area contributed by atoms with Crippen LogP contribution in [0.2, 0.25) is 0 Å². The van der Waals surface area contributed by atoms with Gasteiger partial charge in [0.2, 0.25) is 0 Å². The van der Waals surface area contributed by atoms with E-state index in [2.05, 4.69) is 27.2 Å². The van der Waals surface area contributed by atoms with Crippen molar-refractivity contribution in [2.75, 3.05) is 13.2 Å². The molecule has 0 unspecified atom stereocenters. The van der Waals surface area contributed by atoms with Gasteiger partial charge in [-0.05, 0) is 34.5 Å². The molecule has 0 atom stereocenters. The highest BCUT2D eigenvalue weighted by atomic mass is 79.9. The van der Waals surface area contributed by atoms with Crippen LogP contribution in [-0.4, -0.2) is 24.2 Å². The van der Waals surface area contributed by atoms with E-state index in [1.807, 2.05) is 6.07 Å². The van der Waals surface area contributed by atoms with Gasteiger partial charge in [0.15, 0.2) is 6.61 Å². The van der Waals surface area contributed by atoms with Gasteiger partial charge in [0, 0.05) is 34.4 Å². The lowest BCUT2D eigenvalue weighted by atomic mass is 9.94. The molecule has 0 aromatic heterocycles. The number of alkyl halides is 3. The Morgan fingerprint density at radius 3 is 2.20 bits per heavy atom. The molecule has 0 N–H and O–H groups in total. The van der Waals surface area contributed by atoms with E-state index in [4.69, 9.17) is 0 Å². The van der Waals surface area contributed by atoms with Gasteiger partial charge in [-0.25, -0.2) is 8.78 Å². The minimum Gasteiger partial charge on any atom is -0.484 e. The molecule has 0 saturated carbocycles. The molecule has 0 amide bonds. The summed E-state index contributed by atoms with van der Waals surface area (Å²) in [5.41, 5.74) is 1.62. The second-order valence-electron chi connectivity index (χ2n) is 6.48. The number of likely N-dealkylation sites (N-methyl/N-ethyl adjacent to an activating group) is 1. The molecule has 0 radical (unpaired) electrons. The SMILES string of the molecule is C=C1C(Br)=CC(c2ccccc2)=C(c2c(F)cc(OCC(F)(F)F)cc2F)N1CC. The summed E-state index contributed by atoms with van der Waals surface area (Å²) in [4.78, 5) is 1.64. The van der Waals surface area contributed by atoms with Gasteiger partial charge in [0.1, 0.15) is 17.4 Å². The van der Waals surface area contributed by atoms with Gasteiger partial charge in [-0.2, -0.15) is 13.2 Å². The molecule has 8 heteroatoms. The van der Waals surface area contributed by atoms with Gasteiger partial charge in [-0.15, -0.1) is 0 Å². The van der Waals surface area contributed by atoms with E-state index in [0.29, 0.717) is 27.9 Å². The zero-order valence-electron chi connectivity index (χ0n) is 15.9. The average molecular weight is 486 g/mol. The lowest BCUT2D eigenvalue weighted by Crippen LogP contribution is -2.26. The fourth-order valence-electron chi connectivity index (χ4n) is 3.17. The maximum absolute atomic E-state index is 15.0. The van der Waals surface area contributed by atoms with Gasteiger partial charge in [0.25, 0.3) is 0 Å². The third-order valence-electron chi connectivity index (χ3n) is 4.45. The second kappa shape index (κ2) is 8.63. The van der Waals surface area contributed by atoms with Crippen molar-refractivity contribution in [3.05, 3.63) is 88.1 Å². The summed E-state index contributed by atoms with van der Waals surface area (Å²) in [5, 5.41) is 0. The lowest BCUT2D eigenvalue weighted by molar-refractivity contribution is -0.153. The van der Waals surface area contributed by atoms with Crippen molar-refractivity contribution in [2.24, 2.45) is 0 Å². The van der Waals surface area contributed by atoms with Crippen LogP contribution in [0.25, 0.3) is 11.3 Å². The Labute approximate surface area is 179 Å². The van der Waals surface area contributed by atoms with Crippen LogP contribution in [0, 0.1) is 11.6 Å². The quantitative estimate of drug-likeness (QED) is 0.427. The molecule has 0 saturated heterocycles. The summed E-state index contributed by atoms with van der Waals surface area (Å²) >= 11 is 3.43. The van der Waals surface area contributed by atoms with E-state index in [1.165, 1.54) is 0 Å². The van der Waals surface area contributed by atoms with E-state index >= 15 is 8.78 Å². The fourth-order valence-corrected chi connectivity index (χ4v) is 3.61. The van der Waals surface area contributed by atoms with Crippen LogP contribution >= 0.6 is 15.9 Å². The minimum absolute atomic E-state index is 0.231. The van der Waals surface area contributed by atoms with Crippen molar-refractivity contribution in [1.29, 1.82) is 0 Å². The Bertz CT molecular complexity index is 1000. The minimum atomic E-state index is -4.62. The molecular weight excluding hydrogens is 469 g/mol. The smallest absolute Gasteiger partial charge is 0.422 e. The third-order valence-corrected chi connectivity index (χ3v) is 5.14. The molecule has 0 aliphatic carbocycles. The number of allylic oxidation sites excluding steroid dienone is 3. The van der Waals surface area contributed by atoms with Crippen LogP contribution in [-0.2, 0) is 0 Å². The highest BCUT2D eigenvalue weighted by Gasteiger charge is 2.31. The molecule has 1 aliphatic rings. The van der Waals surface area contributed by atoms with E-state index in [9.17, 15) is 13.2 Å². The zero-order valence-corrected chi connectivity index (χ0v) is 17.4. The van der Waals surface area contributed by atoms with Gasteiger partial charge >= 0.3 is 6.18 Å². The van der Waals surface area contributed by atoms with E-state index in [-0.39, 0.29) is 11.3 Å². The van der Waals surface area contributed by atoms with E-state index in [0.717, 1.165) is 12.1 Å². The number of rotatable bonds is 5. The molecule has 1 heterocycles. The van der Waals surface area contributed by atoms with Crippen LogP contribution in [0.3, 0.4) is 0 Å². The number of halogens is 6. The number of nitrogens with zero attached hydrogens (tertiary/aromatic N) is 1. The maximum Gasteiger partial charge on any atom is 0.422 e. The summed E-state index contributed by atoms with van der Waals surface area (Å²) in [6.07, 6.45) is -2.90. The summed E-state index contributed by atoms with van der Waals surface area (Å²) in [6, 6.07) is 10.5. The number of hydrogen-bond acceptors (Lipinski definition) is 2. The predicted octanol–water partition coefficient (Wildman–Crippen LogP) is 6.90. The Balaban J connectivity index is 2.19. The normalized spacial score (nSPS) is 14.8. The first kappa shape index (κ1) is 22.1. The van der Waals surface area contributed by atoms with Crippen molar-refractivity contribution in [3.8, 4) is 5.75 Å². The summed E-state index contributed by atoms with van der Waals surface area (Å²) in [6.45, 7) is 4.49. The first-order chi connectivity index (χ1) is 14.1. The molecule has 1 aliphatic heterocycles. The van der Waals surface area contributed by atoms with Crippen LogP contribution < -0.4 is 4.74 Å². The average Bonchev–Trinajstić information content (AvgIpc) is 2.68. The third kappa shape index (κ3) is 4.59. The second-order valence-corrected chi connectivity index (χ2v) is 7.33. The molecule has 2 aromatic carbocycles. The summed E-state index contributed by atoms with van der Waals surface area (Å²) in [5.74, 6) is -2.61. The highest BCUT2D eigenvalue weighted by Crippen LogP contribution is 2.43. The maximum atomic E-state index is 15.0. The molecule has 158 valence electrons. The summed E-state index contributed by atoms with van der Waals surface area (Å²) in [7, 11) is 0. The van der Waals surface area contributed by atoms with Crippen molar-refractivity contribution < 1.29 is 26.7 Å². The highest BCUT2D eigenvalue weighted by molar-refractivity contribution is 9.12. The topological polar surface area (TPSA) is 12.5 Å². The first-order valence-electron chi connectivity index (χ1n) is 8.95.